The molecule has 0 saturated carbocycles. The van der Waals surface area contributed by atoms with Crippen LogP contribution in [0.25, 0.3) is 11.1 Å². The highest BCUT2D eigenvalue weighted by atomic mass is 16.6. The number of hydrogen-bond acceptors (Lipinski definition) is 6. The normalized spacial score (nSPS) is 17.6. The first-order chi connectivity index (χ1) is 16.1. The molecule has 0 bridgehead atoms. The molecule has 1 fully saturated rings. The van der Waals surface area contributed by atoms with Crippen LogP contribution in [0, 0.1) is 0 Å². The van der Waals surface area contributed by atoms with Crippen LogP contribution in [0.5, 0.6) is 17.2 Å². The van der Waals surface area contributed by atoms with E-state index in [4.69, 9.17) is 18.9 Å². The molecule has 5 rings (SSSR count). The first-order valence-corrected chi connectivity index (χ1v) is 11.0. The third-order valence-electron chi connectivity index (χ3n) is 6.06. The average Bonchev–Trinajstić information content (AvgIpc) is 3.62. The van der Waals surface area contributed by atoms with Crippen LogP contribution in [0.15, 0.2) is 60.7 Å². The standard InChI is InChI=1S/C27H24O6/c1-17-25-12-20(32-16-28)7-9-23(25)24-10-8-21(13-26(17)24)33-27(29)11-4-18-2-5-19(6-3-18)30-14-22-15-31-22/h2-3,5-10,12-13,16-17,22H,4,11,14-15H2,1H3. The number of fused-ring (bicyclic) bond motifs is 3. The number of esters is 1. The molecule has 168 valence electrons. The zero-order chi connectivity index (χ0) is 22.8. The lowest BCUT2D eigenvalue weighted by Gasteiger charge is -2.10. The summed E-state index contributed by atoms with van der Waals surface area (Å²) >= 11 is 0. The average molecular weight is 444 g/mol. The van der Waals surface area contributed by atoms with Crippen molar-refractivity contribution >= 4 is 12.4 Å². The van der Waals surface area contributed by atoms with Crippen LogP contribution in [0.4, 0.5) is 0 Å². The second-order valence-electron chi connectivity index (χ2n) is 8.32. The maximum atomic E-state index is 12.4. The van der Waals surface area contributed by atoms with E-state index >= 15 is 0 Å². The molecule has 1 heterocycles. The van der Waals surface area contributed by atoms with Gasteiger partial charge in [-0.1, -0.05) is 31.2 Å². The zero-order valence-corrected chi connectivity index (χ0v) is 18.3. The van der Waals surface area contributed by atoms with Gasteiger partial charge in [0.1, 0.15) is 30.0 Å². The van der Waals surface area contributed by atoms with Crippen molar-refractivity contribution in [1.82, 2.24) is 0 Å². The quantitative estimate of drug-likeness (QED) is 0.207. The number of carbonyl (C=O) groups excluding carboxylic acids is 2. The lowest BCUT2D eigenvalue weighted by atomic mass is 9.99. The largest absolute Gasteiger partial charge is 0.491 e. The minimum absolute atomic E-state index is 0.107. The predicted molar refractivity (Wildman–Crippen MR) is 122 cm³/mol. The highest BCUT2D eigenvalue weighted by Crippen LogP contribution is 2.46. The van der Waals surface area contributed by atoms with Crippen LogP contribution in [0.1, 0.15) is 36.0 Å². The van der Waals surface area contributed by atoms with Crippen LogP contribution >= 0.6 is 0 Å². The summed E-state index contributed by atoms with van der Waals surface area (Å²) in [5.41, 5.74) is 5.43. The Morgan fingerprint density at radius 2 is 1.61 bits per heavy atom. The highest BCUT2D eigenvalue weighted by Gasteiger charge is 2.27. The smallest absolute Gasteiger partial charge is 0.311 e. The Labute approximate surface area is 192 Å². The molecule has 0 aromatic heterocycles. The fourth-order valence-corrected chi connectivity index (χ4v) is 4.18. The Morgan fingerprint density at radius 3 is 2.27 bits per heavy atom. The van der Waals surface area contributed by atoms with Gasteiger partial charge in [0, 0.05) is 12.3 Å². The molecule has 2 aliphatic rings. The van der Waals surface area contributed by atoms with Crippen molar-refractivity contribution in [2.75, 3.05) is 13.2 Å². The number of rotatable bonds is 9. The van der Waals surface area contributed by atoms with Gasteiger partial charge >= 0.3 is 5.97 Å². The Morgan fingerprint density at radius 1 is 0.970 bits per heavy atom. The van der Waals surface area contributed by atoms with E-state index in [1.54, 1.807) is 6.07 Å². The molecule has 2 unspecified atom stereocenters. The van der Waals surface area contributed by atoms with Gasteiger partial charge in [0.25, 0.3) is 6.47 Å². The molecule has 1 aliphatic carbocycles. The second kappa shape index (κ2) is 9.08. The van der Waals surface area contributed by atoms with Crippen molar-refractivity contribution in [3.05, 3.63) is 77.4 Å². The first-order valence-electron chi connectivity index (χ1n) is 11.0. The van der Waals surface area contributed by atoms with Gasteiger partial charge < -0.3 is 18.9 Å². The van der Waals surface area contributed by atoms with Crippen molar-refractivity contribution in [3.63, 3.8) is 0 Å². The van der Waals surface area contributed by atoms with E-state index in [-0.39, 0.29) is 24.4 Å². The van der Waals surface area contributed by atoms with Crippen LogP contribution in [-0.4, -0.2) is 31.8 Å². The molecule has 33 heavy (non-hydrogen) atoms. The van der Waals surface area contributed by atoms with Crippen LogP contribution in [0.3, 0.4) is 0 Å². The van der Waals surface area contributed by atoms with Gasteiger partial charge in [-0.05, 0) is 70.6 Å². The summed E-state index contributed by atoms with van der Waals surface area (Å²) in [4.78, 5) is 23.1. The number of hydrogen-bond donors (Lipinski definition) is 0. The van der Waals surface area contributed by atoms with E-state index in [0.29, 0.717) is 31.0 Å². The Hall–Kier alpha value is -3.64. The van der Waals surface area contributed by atoms with E-state index in [1.807, 2.05) is 54.6 Å². The molecule has 0 spiro atoms. The molecule has 1 saturated heterocycles. The first kappa shape index (κ1) is 21.2. The fraction of sp³-hybridized carbons (Fsp3) is 0.259. The Balaban J connectivity index is 1.18. The number of epoxide rings is 1. The van der Waals surface area contributed by atoms with E-state index in [1.165, 1.54) is 0 Å². The number of ether oxygens (including phenoxy) is 4. The molecule has 0 radical (unpaired) electrons. The Bertz CT molecular complexity index is 1180. The van der Waals surface area contributed by atoms with Crippen molar-refractivity contribution in [1.29, 1.82) is 0 Å². The van der Waals surface area contributed by atoms with Crippen molar-refractivity contribution < 1.29 is 28.5 Å². The van der Waals surface area contributed by atoms with Crippen LogP contribution in [0.2, 0.25) is 0 Å². The highest BCUT2D eigenvalue weighted by molar-refractivity contribution is 5.81. The molecular weight excluding hydrogens is 420 g/mol. The summed E-state index contributed by atoms with van der Waals surface area (Å²) in [5.74, 6) is 1.69. The summed E-state index contributed by atoms with van der Waals surface area (Å²) in [7, 11) is 0. The van der Waals surface area contributed by atoms with E-state index in [0.717, 1.165) is 40.2 Å². The molecular formula is C27H24O6. The third kappa shape index (κ3) is 4.76. The van der Waals surface area contributed by atoms with Crippen molar-refractivity contribution in [2.24, 2.45) is 0 Å². The summed E-state index contributed by atoms with van der Waals surface area (Å²) in [5, 5.41) is 0. The maximum Gasteiger partial charge on any atom is 0.311 e. The molecule has 3 aromatic rings. The molecule has 0 amide bonds. The molecule has 6 heteroatoms. The molecule has 6 nitrogen and oxygen atoms in total. The molecule has 1 aliphatic heterocycles. The summed E-state index contributed by atoms with van der Waals surface area (Å²) in [6, 6.07) is 19.1. The Kier molecular flexibility index (Phi) is 5.84. The van der Waals surface area contributed by atoms with Crippen molar-refractivity contribution in [2.45, 2.75) is 31.8 Å². The monoisotopic (exact) mass is 444 g/mol. The summed E-state index contributed by atoms with van der Waals surface area (Å²) < 4.78 is 21.4. The van der Waals surface area contributed by atoms with Crippen LogP contribution < -0.4 is 14.2 Å². The minimum atomic E-state index is -0.272. The third-order valence-corrected chi connectivity index (χ3v) is 6.06. The van der Waals surface area contributed by atoms with Gasteiger partial charge in [0.05, 0.1) is 6.61 Å². The van der Waals surface area contributed by atoms with Gasteiger partial charge in [0.2, 0.25) is 0 Å². The minimum Gasteiger partial charge on any atom is -0.491 e. The summed E-state index contributed by atoms with van der Waals surface area (Å²) in [6.45, 7) is 3.86. The molecule has 0 N–H and O–H groups in total. The lowest BCUT2D eigenvalue weighted by Crippen LogP contribution is -2.09. The van der Waals surface area contributed by atoms with Gasteiger partial charge in [-0.25, -0.2) is 0 Å². The SMILES string of the molecule is CC1c2cc(OC=O)ccc2-c2ccc(OC(=O)CCc3ccc(OCC4CO4)cc3)cc21. The molecule has 2 atom stereocenters. The van der Waals surface area contributed by atoms with E-state index in [9.17, 15) is 9.59 Å². The van der Waals surface area contributed by atoms with Gasteiger partial charge in [0.15, 0.2) is 0 Å². The topological polar surface area (TPSA) is 74.4 Å². The summed E-state index contributed by atoms with van der Waals surface area (Å²) in [6.07, 6.45) is 1.11. The van der Waals surface area contributed by atoms with Gasteiger partial charge in [-0.2, -0.15) is 0 Å². The number of aryl methyl sites for hydroxylation is 1. The van der Waals surface area contributed by atoms with E-state index < -0.39 is 0 Å². The molecule has 3 aromatic carbocycles. The zero-order valence-electron chi connectivity index (χ0n) is 18.3. The fourth-order valence-electron chi connectivity index (χ4n) is 4.18. The van der Waals surface area contributed by atoms with Crippen molar-refractivity contribution in [3.8, 4) is 28.4 Å². The van der Waals surface area contributed by atoms with Gasteiger partial charge in [-0.3, -0.25) is 9.59 Å². The lowest BCUT2D eigenvalue weighted by molar-refractivity contribution is -0.134. The predicted octanol–water partition coefficient (Wildman–Crippen LogP) is 4.67. The van der Waals surface area contributed by atoms with E-state index in [2.05, 4.69) is 6.92 Å². The number of benzene rings is 3. The van der Waals surface area contributed by atoms with Gasteiger partial charge in [-0.15, -0.1) is 0 Å². The number of carbonyl (C=O) groups is 2. The second-order valence-corrected chi connectivity index (χ2v) is 8.32. The maximum absolute atomic E-state index is 12.4. The van der Waals surface area contributed by atoms with Crippen LogP contribution in [-0.2, 0) is 20.7 Å².